The van der Waals surface area contributed by atoms with Gasteiger partial charge in [-0.3, -0.25) is 4.79 Å². The molecule has 0 aromatic rings. The molecule has 6 nitrogen and oxygen atoms in total. The van der Waals surface area contributed by atoms with Gasteiger partial charge in [-0.15, -0.1) is 0 Å². The highest BCUT2D eigenvalue weighted by Gasteiger charge is 2.19. The number of hydrogen-bond acceptors (Lipinski definition) is 5. The Bertz CT molecular complexity index is 287. The number of aliphatic hydroxyl groups is 1. The second-order valence-corrected chi connectivity index (χ2v) is 4.85. The first-order valence-electron chi connectivity index (χ1n) is 4.67. The molecular weight excluding hydrogens is 222 g/mol. The number of carbonyl (C=O) groups excluding carboxylic acids is 1. The Labute approximate surface area is 89.7 Å². The monoisotopic (exact) mass is 239 g/mol. The third-order valence-electron chi connectivity index (χ3n) is 1.56. The lowest BCUT2D eigenvalue weighted by Crippen LogP contribution is -2.37. The first kappa shape index (κ1) is 14.3. The summed E-state index contributed by atoms with van der Waals surface area (Å²) in [7, 11) is -3.66. The predicted octanol–water partition coefficient (Wildman–Crippen LogP) is -0.760. The van der Waals surface area contributed by atoms with Crippen LogP contribution in [0, 0.1) is 0 Å². The summed E-state index contributed by atoms with van der Waals surface area (Å²) < 4.78 is 29.4. The quantitative estimate of drug-likeness (QED) is 0.570. The van der Waals surface area contributed by atoms with Crippen molar-refractivity contribution in [1.82, 2.24) is 4.72 Å². The standard InChI is InChI=1S/C8H17NO5S/c1-3-14-8(11)6-15(12,13)9-7(2)4-5-10/h7,9-10H,3-6H2,1-2H3. The van der Waals surface area contributed by atoms with Crippen molar-refractivity contribution >= 4 is 16.0 Å². The summed E-state index contributed by atoms with van der Waals surface area (Å²) >= 11 is 0. The van der Waals surface area contributed by atoms with Gasteiger partial charge in [0.1, 0.15) is 0 Å². The SMILES string of the molecule is CCOC(=O)CS(=O)(=O)NC(C)CCO. The Morgan fingerprint density at radius 2 is 2.13 bits per heavy atom. The van der Waals surface area contributed by atoms with E-state index in [1.807, 2.05) is 0 Å². The minimum atomic E-state index is -3.66. The van der Waals surface area contributed by atoms with Crippen molar-refractivity contribution in [3.63, 3.8) is 0 Å². The van der Waals surface area contributed by atoms with Crippen molar-refractivity contribution in [2.24, 2.45) is 0 Å². The molecule has 0 spiro atoms. The van der Waals surface area contributed by atoms with Gasteiger partial charge >= 0.3 is 5.97 Å². The predicted molar refractivity (Wildman–Crippen MR) is 54.7 cm³/mol. The maximum absolute atomic E-state index is 11.3. The number of hydrogen-bond donors (Lipinski definition) is 2. The third kappa shape index (κ3) is 7.29. The van der Waals surface area contributed by atoms with Gasteiger partial charge in [0.15, 0.2) is 5.75 Å². The van der Waals surface area contributed by atoms with E-state index in [-0.39, 0.29) is 13.2 Å². The molecule has 2 N–H and O–H groups in total. The molecule has 0 bridgehead atoms. The smallest absolute Gasteiger partial charge is 0.322 e. The molecule has 0 fully saturated rings. The van der Waals surface area contributed by atoms with Crippen LogP contribution in [0.1, 0.15) is 20.3 Å². The van der Waals surface area contributed by atoms with Gasteiger partial charge in [0.2, 0.25) is 10.0 Å². The molecule has 0 aliphatic rings. The zero-order chi connectivity index (χ0) is 11.9. The van der Waals surface area contributed by atoms with Crippen LogP contribution in [-0.2, 0) is 19.6 Å². The van der Waals surface area contributed by atoms with Gasteiger partial charge in [0.25, 0.3) is 0 Å². The first-order valence-corrected chi connectivity index (χ1v) is 6.33. The zero-order valence-corrected chi connectivity index (χ0v) is 9.71. The highest BCUT2D eigenvalue weighted by molar-refractivity contribution is 7.90. The molecule has 0 aliphatic heterocycles. The summed E-state index contributed by atoms with van der Waals surface area (Å²) in [4.78, 5) is 10.9. The maximum Gasteiger partial charge on any atom is 0.322 e. The summed E-state index contributed by atoms with van der Waals surface area (Å²) in [5, 5.41) is 8.57. The fourth-order valence-electron chi connectivity index (χ4n) is 0.959. The van der Waals surface area contributed by atoms with Gasteiger partial charge in [-0.1, -0.05) is 0 Å². The summed E-state index contributed by atoms with van der Waals surface area (Å²) in [5.41, 5.74) is 0. The van der Waals surface area contributed by atoms with Crippen LogP contribution < -0.4 is 4.72 Å². The topological polar surface area (TPSA) is 92.7 Å². The van der Waals surface area contributed by atoms with E-state index in [0.717, 1.165) is 0 Å². The second kappa shape index (κ2) is 6.76. The van der Waals surface area contributed by atoms with E-state index in [1.54, 1.807) is 13.8 Å². The lowest BCUT2D eigenvalue weighted by atomic mass is 10.3. The molecule has 0 amide bonds. The Morgan fingerprint density at radius 1 is 1.53 bits per heavy atom. The van der Waals surface area contributed by atoms with Crippen LogP contribution in [0.4, 0.5) is 0 Å². The molecule has 90 valence electrons. The number of esters is 1. The molecule has 0 aromatic carbocycles. The summed E-state index contributed by atoms with van der Waals surface area (Å²) in [5.74, 6) is -1.46. The van der Waals surface area contributed by atoms with Crippen LogP contribution in [0.15, 0.2) is 0 Å². The van der Waals surface area contributed by atoms with E-state index in [9.17, 15) is 13.2 Å². The van der Waals surface area contributed by atoms with E-state index >= 15 is 0 Å². The molecule has 0 rings (SSSR count). The molecular formula is C8H17NO5S. The zero-order valence-electron chi connectivity index (χ0n) is 8.89. The number of sulfonamides is 1. The van der Waals surface area contributed by atoms with Gasteiger partial charge in [0.05, 0.1) is 6.61 Å². The van der Waals surface area contributed by atoms with Crippen molar-refractivity contribution in [3.05, 3.63) is 0 Å². The lowest BCUT2D eigenvalue weighted by molar-refractivity contribution is -0.139. The van der Waals surface area contributed by atoms with E-state index in [2.05, 4.69) is 9.46 Å². The van der Waals surface area contributed by atoms with Crippen LogP contribution >= 0.6 is 0 Å². The van der Waals surface area contributed by atoms with Crippen molar-refractivity contribution in [1.29, 1.82) is 0 Å². The number of carbonyl (C=O) groups is 1. The molecule has 0 aromatic heterocycles. The molecule has 0 saturated heterocycles. The highest BCUT2D eigenvalue weighted by atomic mass is 32.2. The Kier molecular flexibility index (Phi) is 6.46. The number of rotatable bonds is 7. The van der Waals surface area contributed by atoms with Crippen molar-refractivity contribution in [2.75, 3.05) is 19.0 Å². The molecule has 0 radical (unpaired) electrons. The van der Waals surface area contributed by atoms with E-state index < -0.39 is 27.8 Å². The average Bonchev–Trinajstić information content (AvgIpc) is 2.01. The first-order chi connectivity index (χ1) is 6.91. The second-order valence-electron chi connectivity index (χ2n) is 3.10. The van der Waals surface area contributed by atoms with E-state index in [0.29, 0.717) is 6.42 Å². The number of nitrogens with one attached hydrogen (secondary N) is 1. The Balaban J connectivity index is 4.13. The molecule has 15 heavy (non-hydrogen) atoms. The lowest BCUT2D eigenvalue weighted by Gasteiger charge is -2.12. The number of ether oxygens (including phenoxy) is 1. The minimum Gasteiger partial charge on any atom is -0.465 e. The average molecular weight is 239 g/mol. The molecule has 7 heteroatoms. The van der Waals surface area contributed by atoms with E-state index in [4.69, 9.17) is 5.11 Å². The molecule has 1 atom stereocenters. The van der Waals surface area contributed by atoms with Crippen LogP contribution in [0.5, 0.6) is 0 Å². The van der Waals surface area contributed by atoms with Crippen LogP contribution in [0.25, 0.3) is 0 Å². The fraction of sp³-hybridized carbons (Fsp3) is 0.875. The van der Waals surface area contributed by atoms with Crippen LogP contribution in [0.3, 0.4) is 0 Å². The Morgan fingerprint density at radius 3 is 2.60 bits per heavy atom. The highest BCUT2D eigenvalue weighted by Crippen LogP contribution is 1.95. The fourth-order valence-corrected chi connectivity index (χ4v) is 2.17. The summed E-state index contributed by atoms with van der Waals surface area (Å²) in [6, 6.07) is -0.394. The normalized spacial score (nSPS) is 13.5. The largest absolute Gasteiger partial charge is 0.465 e. The maximum atomic E-state index is 11.3. The van der Waals surface area contributed by atoms with Gasteiger partial charge in [-0.2, -0.15) is 0 Å². The van der Waals surface area contributed by atoms with Gasteiger partial charge < -0.3 is 9.84 Å². The molecule has 0 saturated carbocycles. The Hall–Kier alpha value is -0.660. The van der Waals surface area contributed by atoms with Crippen molar-refractivity contribution in [3.8, 4) is 0 Å². The molecule has 0 heterocycles. The van der Waals surface area contributed by atoms with Crippen LogP contribution in [-0.4, -0.2) is 44.5 Å². The van der Waals surface area contributed by atoms with Crippen molar-refractivity contribution < 1.29 is 23.1 Å². The van der Waals surface area contributed by atoms with Gasteiger partial charge in [0, 0.05) is 12.6 Å². The van der Waals surface area contributed by atoms with Gasteiger partial charge in [-0.05, 0) is 20.3 Å². The number of aliphatic hydroxyl groups excluding tert-OH is 1. The van der Waals surface area contributed by atoms with Crippen molar-refractivity contribution in [2.45, 2.75) is 26.3 Å². The minimum absolute atomic E-state index is 0.108. The van der Waals surface area contributed by atoms with Gasteiger partial charge in [-0.25, -0.2) is 13.1 Å². The summed E-state index contributed by atoms with van der Waals surface area (Å²) in [6.07, 6.45) is 0.308. The third-order valence-corrected chi connectivity index (χ3v) is 2.93. The summed E-state index contributed by atoms with van der Waals surface area (Å²) in [6.45, 7) is 3.26. The van der Waals surface area contributed by atoms with E-state index in [1.165, 1.54) is 0 Å². The molecule has 1 unspecified atom stereocenters. The molecule has 0 aliphatic carbocycles. The van der Waals surface area contributed by atoms with Crippen LogP contribution in [0.2, 0.25) is 0 Å².